The lowest BCUT2D eigenvalue weighted by molar-refractivity contribution is 1.58. The highest BCUT2D eigenvalue weighted by Crippen LogP contribution is 2.22. The van der Waals surface area contributed by atoms with Crippen LogP contribution in [0.15, 0.2) is 42.5 Å². The predicted octanol–water partition coefficient (Wildman–Crippen LogP) is 4.41. The largest absolute Gasteiger partial charge is 0.0843 e. The van der Waals surface area contributed by atoms with Crippen LogP contribution in [0.3, 0.4) is 0 Å². The van der Waals surface area contributed by atoms with Crippen molar-refractivity contribution in [1.29, 1.82) is 0 Å². The molecule has 2 aromatic carbocycles. The van der Waals surface area contributed by atoms with Crippen LogP contribution in [-0.2, 0) is 0 Å². The van der Waals surface area contributed by atoms with Gasteiger partial charge in [0.25, 0.3) is 0 Å². The van der Waals surface area contributed by atoms with E-state index in [2.05, 4.69) is 34.7 Å². The van der Waals surface area contributed by atoms with Gasteiger partial charge in [0.1, 0.15) is 0 Å². The maximum atomic E-state index is 5.91. The monoisotopic (exact) mass is 313 g/mol. The van der Waals surface area contributed by atoms with E-state index in [1.54, 1.807) is 0 Å². The Bertz CT molecular complexity index is 434. The van der Waals surface area contributed by atoms with Crippen molar-refractivity contribution in [1.82, 2.24) is 0 Å². The number of hydrogen-bond donors (Lipinski definition) is 0. The lowest BCUT2D eigenvalue weighted by atomic mass is 10.1. The third-order valence-electron chi connectivity index (χ3n) is 1.93. The van der Waals surface area contributed by atoms with Crippen molar-refractivity contribution in [2.45, 2.75) is 0 Å². The van der Waals surface area contributed by atoms with E-state index in [9.17, 15) is 0 Å². The molecular formula is C12H7ClI. The summed E-state index contributed by atoms with van der Waals surface area (Å²) in [5.74, 6) is 0. The summed E-state index contributed by atoms with van der Waals surface area (Å²) >= 11 is 8.16. The maximum absolute atomic E-state index is 5.91. The first-order chi connectivity index (χ1) is 6.75. The molecule has 0 N–H and O–H groups in total. The van der Waals surface area contributed by atoms with E-state index in [1.165, 1.54) is 0 Å². The number of benzene rings is 2. The highest BCUT2D eigenvalue weighted by atomic mass is 127. The Balaban J connectivity index is 2.44. The summed E-state index contributed by atoms with van der Waals surface area (Å²) < 4.78 is 1.12. The zero-order valence-electron chi connectivity index (χ0n) is 7.30. The highest BCUT2D eigenvalue weighted by molar-refractivity contribution is 14.1. The van der Waals surface area contributed by atoms with Crippen LogP contribution in [0.25, 0.3) is 11.1 Å². The van der Waals surface area contributed by atoms with Crippen LogP contribution < -0.4 is 0 Å². The van der Waals surface area contributed by atoms with Crippen molar-refractivity contribution in [2.75, 3.05) is 0 Å². The molecule has 0 aromatic heterocycles. The third-order valence-corrected chi connectivity index (χ3v) is 2.84. The van der Waals surface area contributed by atoms with E-state index in [-0.39, 0.29) is 0 Å². The Kier molecular flexibility index (Phi) is 3.08. The molecule has 0 nitrogen and oxygen atoms in total. The van der Waals surface area contributed by atoms with Crippen molar-refractivity contribution in [3.05, 3.63) is 57.1 Å². The molecule has 1 radical (unpaired) electrons. The van der Waals surface area contributed by atoms with E-state index in [0.29, 0.717) is 0 Å². The molecular weight excluding hydrogens is 306 g/mol. The van der Waals surface area contributed by atoms with Gasteiger partial charge in [0, 0.05) is 8.59 Å². The Morgan fingerprint density at radius 3 is 2.57 bits per heavy atom. The molecule has 2 aromatic rings. The minimum absolute atomic E-state index is 0.765. The number of hydrogen-bond acceptors (Lipinski definition) is 0. The second-order valence-electron chi connectivity index (χ2n) is 2.94. The molecule has 14 heavy (non-hydrogen) atoms. The molecule has 0 atom stereocenters. The topological polar surface area (TPSA) is 0 Å². The molecule has 0 fully saturated rings. The quantitative estimate of drug-likeness (QED) is 0.684. The standard InChI is InChI=1S/C12H7ClI/c13-11-3-1-2-10(8-11)9-4-6-12(14)7-5-9/h1-6,8H. The van der Waals surface area contributed by atoms with E-state index in [0.717, 1.165) is 19.7 Å². The van der Waals surface area contributed by atoms with Gasteiger partial charge in [-0.1, -0.05) is 29.8 Å². The summed E-state index contributed by atoms with van der Waals surface area (Å²) in [7, 11) is 0. The lowest BCUT2D eigenvalue weighted by Gasteiger charge is -2.01. The van der Waals surface area contributed by atoms with E-state index in [1.807, 2.05) is 36.4 Å². The molecule has 69 valence electrons. The van der Waals surface area contributed by atoms with Gasteiger partial charge in [-0.25, -0.2) is 0 Å². The summed E-state index contributed by atoms with van der Waals surface area (Å²) in [4.78, 5) is 0. The lowest BCUT2D eigenvalue weighted by Crippen LogP contribution is -1.78. The normalized spacial score (nSPS) is 10.1. The third kappa shape index (κ3) is 2.28. The van der Waals surface area contributed by atoms with Crippen LogP contribution in [0.4, 0.5) is 0 Å². The van der Waals surface area contributed by atoms with Crippen molar-refractivity contribution < 1.29 is 0 Å². The van der Waals surface area contributed by atoms with Crippen LogP contribution in [-0.4, -0.2) is 0 Å². The minimum Gasteiger partial charge on any atom is -0.0843 e. The molecule has 0 aliphatic rings. The Labute approximate surface area is 102 Å². The fourth-order valence-electron chi connectivity index (χ4n) is 1.25. The van der Waals surface area contributed by atoms with Gasteiger partial charge in [-0.15, -0.1) is 0 Å². The molecule has 0 spiro atoms. The smallest absolute Gasteiger partial charge is 0.0412 e. The van der Waals surface area contributed by atoms with E-state index < -0.39 is 0 Å². The predicted molar refractivity (Wildman–Crippen MR) is 68.4 cm³/mol. The minimum atomic E-state index is 0.765. The zero-order chi connectivity index (χ0) is 9.97. The second-order valence-corrected chi connectivity index (χ2v) is 4.53. The van der Waals surface area contributed by atoms with E-state index >= 15 is 0 Å². The zero-order valence-corrected chi connectivity index (χ0v) is 10.2. The summed E-state index contributed by atoms with van der Waals surface area (Å²) in [6.07, 6.45) is 0. The Morgan fingerprint density at radius 1 is 1.07 bits per heavy atom. The summed E-state index contributed by atoms with van der Waals surface area (Å²) in [5, 5.41) is 0.765. The average Bonchev–Trinajstić information content (AvgIpc) is 2.19. The van der Waals surface area contributed by atoms with Gasteiger partial charge in [0.15, 0.2) is 0 Å². The second kappa shape index (κ2) is 4.32. The number of halogens is 2. The van der Waals surface area contributed by atoms with Gasteiger partial charge in [0.2, 0.25) is 0 Å². The van der Waals surface area contributed by atoms with Gasteiger partial charge >= 0.3 is 0 Å². The molecule has 0 amide bonds. The van der Waals surface area contributed by atoms with Gasteiger partial charge in [-0.2, -0.15) is 0 Å². The summed E-state index contributed by atoms with van der Waals surface area (Å²) in [6, 6.07) is 17.1. The van der Waals surface area contributed by atoms with Crippen LogP contribution in [0.5, 0.6) is 0 Å². The van der Waals surface area contributed by atoms with Crippen molar-refractivity contribution in [3.8, 4) is 11.1 Å². The van der Waals surface area contributed by atoms with Crippen LogP contribution in [0, 0.1) is 9.64 Å². The van der Waals surface area contributed by atoms with Crippen molar-refractivity contribution >= 4 is 34.2 Å². The first-order valence-electron chi connectivity index (χ1n) is 4.19. The molecule has 0 unspecified atom stereocenters. The fraction of sp³-hybridized carbons (Fsp3) is 0. The molecule has 2 heteroatoms. The maximum Gasteiger partial charge on any atom is 0.0412 e. The van der Waals surface area contributed by atoms with Gasteiger partial charge in [-0.3, -0.25) is 0 Å². The first kappa shape index (κ1) is 9.99. The Hall–Kier alpha value is -0.540. The molecule has 0 saturated heterocycles. The molecule has 2 rings (SSSR count). The van der Waals surface area contributed by atoms with Crippen LogP contribution >= 0.6 is 34.2 Å². The fourth-order valence-corrected chi connectivity index (χ4v) is 1.78. The first-order valence-corrected chi connectivity index (χ1v) is 5.64. The molecule has 0 aliphatic carbocycles. The van der Waals surface area contributed by atoms with Gasteiger partial charge < -0.3 is 0 Å². The van der Waals surface area contributed by atoms with Crippen molar-refractivity contribution in [2.24, 2.45) is 0 Å². The summed E-state index contributed by atoms with van der Waals surface area (Å²) in [6.45, 7) is 0. The molecule has 0 saturated carbocycles. The SMILES string of the molecule is Clc1cccc(-c2c[c]c(I)cc2)c1. The Morgan fingerprint density at radius 2 is 1.93 bits per heavy atom. The van der Waals surface area contributed by atoms with Crippen LogP contribution in [0.2, 0.25) is 5.02 Å². The number of rotatable bonds is 1. The molecule has 0 aliphatic heterocycles. The van der Waals surface area contributed by atoms with Gasteiger partial charge in [-0.05, 0) is 64.0 Å². The van der Waals surface area contributed by atoms with E-state index in [4.69, 9.17) is 11.6 Å². The average molecular weight is 314 g/mol. The summed E-state index contributed by atoms with van der Waals surface area (Å²) in [5.41, 5.74) is 2.28. The highest BCUT2D eigenvalue weighted by Gasteiger charge is 1.97. The van der Waals surface area contributed by atoms with Gasteiger partial charge in [0.05, 0.1) is 0 Å². The molecule has 0 heterocycles. The van der Waals surface area contributed by atoms with Crippen LogP contribution in [0.1, 0.15) is 0 Å². The molecule has 0 bridgehead atoms. The van der Waals surface area contributed by atoms with Crippen molar-refractivity contribution in [3.63, 3.8) is 0 Å².